The molecule has 0 spiro atoms. The molecule has 1 heterocycles. The second kappa shape index (κ2) is 10.5. The number of hydrogen-bond acceptors (Lipinski definition) is 3. The summed E-state index contributed by atoms with van der Waals surface area (Å²) in [5.74, 6) is 0. The minimum atomic E-state index is 0. The van der Waals surface area contributed by atoms with Crippen molar-refractivity contribution >= 4 is 5.69 Å². The summed E-state index contributed by atoms with van der Waals surface area (Å²) < 4.78 is 2.10. The van der Waals surface area contributed by atoms with E-state index in [0.717, 1.165) is 26.1 Å². The van der Waals surface area contributed by atoms with E-state index in [-0.39, 0.29) is 24.8 Å². The van der Waals surface area contributed by atoms with Gasteiger partial charge in [0, 0.05) is 45.3 Å². The molecule has 2 aromatic rings. The standard InChI is InChI=1S/C15H22N4.2ClH/c1-18(2)15-6-4-14(5-7-15)12-16-8-3-10-19-11-9-17-13-19;;/h4-7,9,11,13,16H,3,8,10,12H2,1-2H3;2*1H/p-2. The van der Waals surface area contributed by atoms with Crippen LogP contribution < -0.4 is 35.0 Å². The average Bonchev–Trinajstić information content (AvgIpc) is 2.92. The molecule has 0 bridgehead atoms. The fourth-order valence-electron chi connectivity index (χ4n) is 1.95. The second-order valence-electron chi connectivity index (χ2n) is 4.89. The topological polar surface area (TPSA) is 33.1 Å². The van der Waals surface area contributed by atoms with Crippen molar-refractivity contribution in [3.05, 3.63) is 48.5 Å². The number of benzene rings is 1. The first-order chi connectivity index (χ1) is 9.25. The van der Waals surface area contributed by atoms with Crippen LogP contribution in [0.4, 0.5) is 5.69 Å². The third-order valence-electron chi connectivity index (χ3n) is 3.11. The molecular formula is C15H22Cl2N4-2. The predicted molar refractivity (Wildman–Crippen MR) is 79.3 cm³/mol. The van der Waals surface area contributed by atoms with Gasteiger partial charge < -0.3 is 39.6 Å². The van der Waals surface area contributed by atoms with E-state index in [4.69, 9.17) is 0 Å². The van der Waals surface area contributed by atoms with E-state index in [2.05, 4.69) is 58.1 Å². The molecular weight excluding hydrogens is 307 g/mol. The molecule has 0 aliphatic rings. The van der Waals surface area contributed by atoms with E-state index in [9.17, 15) is 0 Å². The number of imidazole rings is 1. The molecule has 0 radical (unpaired) electrons. The Bertz CT molecular complexity index is 469. The van der Waals surface area contributed by atoms with Crippen molar-refractivity contribution in [3.63, 3.8) is 0 Å². The minimum absolute atomic E-state index is 0. The molecule has 0 saturated heterocycles. The number of hydrogen-bond donors (Lipinski definition) is 1. The highest BCUT2D eigenvalue weighted by Gasteiger charge is 1.96. The van der Waals surface area contributed by atoms with Crippen molar-refractivity contribution < 1.29 is 24.8 Å². The third-order valence-corrected chi connectivity index (χ3v) is 3.11. The number of rotatable bonds is 7. The number of halogens is 2. The van der Waals surface area contributed by atoms with Crippen LogP contribution >= 0.6 is 0 Å². The number of anilines is 1. The summed E-state index contributed by atoms with van der Waals surface area (Å²) in [4.78, 5) is 6.14. The lowest BCUT2D eigenvalue weighted by Gasteiger charge is -2.13. The van der Waals surface area contributed by atoms with E-state index in [1.165, 1.54) is 11.3 Å². The monoisotopic (exact) mass is 328 g/mol. The number of nitrogens with zero attached hydrogens (tertiary/aromatic N) is 3. The van der Waals surface area contributed by atoms with Crippen LogP contribution in [0.2, 0.25) is 0 Å². The summed E-state index contributed by atoms with van der Waals surface area (Å²) >= 11 is 0. The smallest absolute Gasteiger partial charge is 0.0945 e. The van der Waals surface area contributed by atoms with Crippen LogP contribution in [0.3, 0.4) is 0 Å². The van der Waals surface area contributed by atoms with Gasteiger partial charge in [-0.25, -0.2) is 4.98 Å². The van der Waals surface area contributed by atoms with E-state index in [1.807, 2.05) is 18.7 Å². The van der Waals surface area contributed by atoms with Crippen molar-refractivity contribution in [1.29, 1.82) is 0 Å². The predicted octanol–water partition coefficient (Wildman–Crippen LogP) is -3.86. The van der Waals surface area contributed by atoms with Gasteiger partial charge in [-0.2, -0.15) is 0 Å². The van der Waals surface area contributed by atoms with E-state index >= 15 is 0 Å². The fraction of sp³-hybridized carbons (Fsp3) is 0.400. The van der Waals surface area contributed by atoms with Crippen LogP contribution in [-0.2, 0) is 13.1 Å². The molecule has 6 heteroatoms. The van der Waals surface area contributed by atoms with Crippen molar-refractivity contribution in [2.75, 3.05) is 25.5 Å². The molecule has 118 valence electrons. The van der Waals surface area contributed by atoms with Gasteiger partial charge >= 0.3 is 0 Å². The molecule has 21 heavy (non-hydrogen) atoms. The van der Waals surface area contributed by atoms with Crippen molar-refractivity contribution in [1.82, 2.24) is 14.9 Å². The van der Waals surface area contributed by atoms with Crippen LogP contribution in [0.15, 0.2) is 43.0 Å². The number of nitrogens with one attached hydrogen (secondary N) is 1. The maximum Gasteiger partial charge on any atom is 0.0945 e. The highest BCUT2D eigenvalue weighted by Crippen LogP contribution is 2.11. The number of aryl methyl sites for hydroxylation is 1. The summed E-state index contributed by atoms with van der Waals surface area (Å²) in [7, 11) is 4.12. The molecule has 0 aliphatic carbocycles. The maximum atomic E-state index is 4.03. The van der Waals surface area contributed by atoms with Gasteiger partial charge in [0.15, 0.2) is 0 Å². The lowest BCUT2D eigenvalue weighted by Crippen LogP contribution is -3.00. The van der Waals surface area contributed by atoms with Gasteiger partial charge in [-0.05, 0) is 30.7 Å². The first kappa shape index (κ1) is 19.8. The normalized spacial score (nSPS) is 9.62. The molecule has 0 fully saturated rings. The van der Waals surface area contributed by atoms with Crippen molar-refractivity contribution in [3.8, 4) is 0 Å². The van der Waals surface area contributed by atoms with Gasteiger partial charge in [-0.1, -0.05) is 12.1 Å². The van der Waals surface area contributed by atoms with Gasteiger partial charge in [0.25, 0.3) is 0 Å². The molecule has 1 N–H and O–H groups in total. The first-order valence-electron chi connectivity index (χ1n) is 6.68. The molecule has 0 unspecified atom stereocenters. The highest BCUT2D eigenvalue weighted by atomic mass is 35.5. The Morgan fingerprint density at radius 1 is 1.14 bits per heavy atom. The zero-order chi connectivity index (χ0) is 13.5. The fourth-order valence-corrected chi connectivity index (χ4v) is 1.95. The molecule has 1 aromatic carbocycles. The van der Waals surface area contributed by atoms with Gasteiger partial charge in [0.05, 0.1) is 6.33 Å². The SMILES string of the molecule is CN(C)c1ccc(CNCCCn2ccnc2)cc1.[Cl-].[Cl-]. The minimum Gasteiger partial charge on any atom is -1.00 e. The molecule has 0 amide bonds. The average molecular weight is 329 g/mol. The van der Waals surface area contributed by atoms with E-state index < -0.39 is 0 Å². The van der Waals surface area contributed by atoms with Gasteiger partial charge in [0.2, 0.25) is 0 Å². The largest absolute Gasteiger partial charge is 1.00 e. The van der Waals surface area contributed by atoms with Crippen LogP contribution in [0.1, 0.15) is 12.0 Å². The molecule has 4 nitrogen and oxygen atoms in total. The molecule has 0 saturated carbocycles. The third kappa shape index (κ3) is 6.85. The second-order valence-corrected chi connectivity index (χ2v) is 4.89. The Morgan fingerprint density at radius 3 is 2.43 bits per heavy atom. The van der Waals surface area contributed by atoms with Gasteiger partial charge in [0.1, 0.15) is 0 Å². The zero-order valence-electron chi connectivity index (χ0n) is 12.5. The Kier molecular flexibility index (Phi) is 9.88. The van der Waals surface area contributed by atoms with Crippen LogP contribution in [-0.4, -0.2) is 30.2 Å². The van der Waals surface area contributed by atoms with E-state index in [1.54, 1.807) is 0 Å². The Balaban J connectivity index is 0.00000200. The number of aromatic nitrogens is 2. The highest BCUT2D eigenvalue weighted by molar-refractivity contribution is 5.45. The molecule has 1 aromatic heterocycles. The van der Waals surface area contributed by atoms with Crippen LogP contribution in [0, 0.1) is 0 Å². The summed E-state index contributed by atoms with van der Waals surface area (Å²) in [5, 5.41) is 3.47. The van der Waals surface area contributed by atoms with E-state index in [0.29, 0.717) is 0 Å². The summed E-state index contributed by atoms with van der Waals surface area (Å²) in [6.45, 7) is 2.97. The van der Waals surface area contributed by atoms with Crippen molar-refractivity contribution in [2.45, 2.75) is 19.5 Å². The summed E-state index contributed by atoms with van der Waals surface area (Å²) in [6.07, 6.45) is 6.80. The summed E-state index contributed by atoms with van der Waals surface area (Å²) in [6, 6.07) is 8.67. The first-order valence-corrected chi connectivity index (χ1v) is 6.68. The Labute approximate surface area is 139 Å². The summed E-state index contributed by atoms with van der Waals surface area (Å²) in [5.41, 5.74) is 2.57. The Morgan fingerprint density at radius 2 is 1.86 bits per heavy atom. The van der Waals surface area contributed by atoms with Crippen molar-refractivity contribution in [2.24, 2.45) is 0 Å². The molecule has 0 aliphatic heterocycles. The van der Waals surface area contributed by atoms with Crippen LogP contribution in [0.25, 0.3) is 0 Å². The van der Waals surface area contributed by atoms with Gasteiger partial charge in [-0.15, -0.1) is 0 Å². The Hall–Kier alpha value is -1.23. The van der Waals surface area contributed by atoms with Gasteiger partial charge in [-0.3, -0.25) is 0 Å². The molecule has 0 atom stereocenters. The quantitative estimate of drug-likeness (QED) is 0.528. The van der Waals surface area contributed by atoms with Crippen LogP contribution in [0.5, 0.6) is 0 Å². The lowest BCUT2D eigenvalue weighted by atomic mass is 10.2. The zero-order valence-corrected chi connectivity index (χ0v) is 14.0. The molecule has 2 rings (SSSR count). The lowest BCUT2D eigenvalue weighted by molar-refractivity contribution is -0.001000. The maximum absolute atomic E-state index is 4.03.